The van der Waals surface area contributed by atoms with Gasteiger partial charge in [0.1, 0.15) is 0 Å². The molecule has 0 spiro atoms. The molecule has 0 aliphatic carbocycles. The number of halogens is 1. The van der Waals surface area contributed by atoms with Gasteiger partial charge in [-0.05, 0) is 43.4 Å². The number of hydrogen-bond donors (Lipinski definition) is 1. The third-order valence-electron chi connectivity index (χ3n) is 4.31. The first kappa shape index (κ1) is 15.0. The first-order chi connectivity index (χ1) is 9.00. The molecule has 0 amide bonds. The van der Waals surface area contributed by atoms with E-state index in [9.17, 15) is 0 Å². The maximum atomic E-state index is 6.28. The molecule has 1 aliphatic heterocycles. The fraction of sp³-hybridized carbons (Fsp3) is 0.625. The average molecular weight is 325 g/mol. The van der Waals surface area contributed by atoms with Crippen LogP contribution >= 0.6 is 15.9 Å². The molecule has 19 heavy (non-hydrogen) atoms. The standard InChI is InChI=1S/C16H25BrN2/c1-11(2)13-8-9-19(10-13)16(12(3)18)14-6-4-5-7-15(14)17/h4-7,11-13,16H,8-10,18H2,1-3H3. The second kappa shape index (κ2) is 6.38. The molecule has 3 atom stereocenters. The zero-order valence-electron chi connectivity index (χ0n) is 12.1. The van der Waals surface area contributed by atoms with Crippen LogP contribution in [0.5, 0.6) is 0 Å². The normalized spacial score (nSPS) is 23.8. The van der Waals surface area contributed by atoms with Gasteiger partial charge in [0.2, 0.25) is 0 Å². The summed E-state index contributed by atoms with van der Waals surface area (Å²) in [6, 6.07) is 8.93. The molecule has 1 aliphatic rings. The van der Waals surface area contributed by atoms with Crippen LogP contribution in [0, 0.1) is 11.8 Å². The summed E-state index contributed by atoms with van der Waals surface area (Å²) < 4.78 is 1.17. The van der Waals surface area contributed by atoms with Crippen molar-refractivity contribution < 1.29 is 0 Å². The van der Waals surface area contributed by atoms with Gasteiger partial charge in [-0.3, -0.25) is 4.90 Å². The molecule has 1 heterocycles. The van der Waals surface area contributed by atoms with Crippen LogP contribution in [0.15, 0.2) is 28.7 Å². The van der Waals surface area contributed by atoms with E-state index in [4.69, 9.17) is 5.73 Å². The van der Waals surface area contributed by atoms with Crippen LogP contribution in [0.3, 0.4) is 0 Å². The van der Waals surface area contributed by atoms with Gasteiger partial charge in [-0.2, -0.15) is 0 Å². The van der Waals surface area contributed by atoms with E-state index >= 15 is 0 Å². The number of hydrogen-bond acceptors (Lipinski definition) is 2. The van der Waals surface area contributed by atoms with Crippen molar-refractivity contribution >= 4 is 15.9 Å². The number of nitrogens with zero attached hydrogens (tertiary/aromatic N) is 1. The Hall–Kier alpha value is -0.380. The third kappa shape index (κ3) is 3.39. The van der Waals surface area contributed by atoms with Crippen molar-refractivity contribution in [2.24, 2.45) is 17.6 Å². The van der Waals surface area contributed by atoms with Crippen LogP contribution in [0.2, 0.25) is 0 Å². The Morgan fingerprint density at radius 2 is 1.95 bits per heavy atom. The molecule has 0 aromatic heterocycles. The topological polar surface area (TPSA) is 29.3 Å². The molecule has 0 bridgehead atoms. The molecule has 2 rings (SSSR count). The SMILES string of the molecule is CC(C)C1CCN(C(c2ccccc2Br)C(C)N)C1. The Balaban J connectivity index is 2.21. The minimum Gasteiger partial charge on any atom is -0.326 e. The van der Waals surface area contributed by atoms with E-state index in [-0.39, 0.29) is 6.04 Å². The number of nitrogens with two attached hydrogens (primary N) is 1. The lowest BCUT2D eigenvalue weighted by Gasteiger charge is -2.32. The Morgan fingerprint density at radius 1 is 1.26 bits per heavy atom. The predicted molar refractivity (Wildman–Crippen MR) is 85.1 cm³/mol. The van der Waals surface area contributed by atoms with E-state index in [0.717, 1.165) is 18.4 Å². The fourth-order valence-corrected chi connectivity index (χ4v) is 3.66. The maximum Gasteiger partial charge on any atom is 0.0507 e. The molecule has 3 unspecified atom stereocenters. The summed E-state index contributed by atoms with van der Waals surface area (Å²) in [5, 5.41) is 0. The Kier molecular flexibility index (Phi) is 5.04. The summed E-state index contributed by atoms with van der Waals surface area (Å²) in [5.41, 5.74) is 7.60. The van der Waals surface area contributed by atoms with Crippen molar-refractivity contribution in [1.29, 1.82) is 0 Å². The first-order valence-corrected chi connectivity index (χ1v) is 8.04. The minimum atomic E-state index is 0.143. The van der Waals surface area contributed by atoms with E-state index in [0.29, 0.717) is 6.04 Å². The van der Waals surface area contributed by atoms with Gasteiger partial charge in [0.15, 0.2) is 0 Å². The van der Waals surface area contributed by atoms with Gasteiger partial charge in [0.25, 0.3) is 0 Å². The van der Waals surface area contributed by atoms with Gasteiger partial charge in [0.05, 0.1) is 6.04 Å². The van der Waals surface area contributed by atoms with Crippen molar-refractivity contribution in [1.82, 2.24) is 4.90 Å². The average Bonchev–Trinajstić information content (AvgIpc) is 2.81. The molecule has 3 heteroatoms. The Morgan fingerprint density at radius 3 is 2.47 bits per heavy atom. The maximum absolute atomic E-state index is 6.28. The lowest BCUT2D eigenvalue weighted by atomic mass is 9.95. The van der Waals surface area contributed by atoms with Crippen molar-refractivity contribution in [3.05, 3.63) is 34.3 Å². The zero-order valence-corrected chi connectivity index (χ0v) is 13.7. The highest BCUT2D eigenvalue weighted by Gasteiger charge is 2.33. The van der Waals surface area contributed by atoms with E-state index in [1.54, 1.807) is 0 Å². The molecular weight excluding hydrogens is 300 g/mol. The second-order valence-electron chi connectivity index (χ2n) is 6.11. The number of likely N-dealkylation sites (tertiary alicyclic amines) is 1. The van der Waals surface area contributed by atoms with Gasteiger partial charge >= 0.3 is 0 Å². The van der Waals surface area contributed by atoms with Crippen LogP contribution in [0.4, 0.5) is 0 Å². The molecule has 0 radical (unpaired) electrons. The molecule has 1 saturated heterocycles. The molecule has 1 aromatic carbocycles. The van der Waals surface area contributed by atoms with Crippen molar-refractivity contribution in [3.63, 3.8) is 0 Å². The molecule has 2 nitrogen and oxygen atoms in total. The molecule has 1 aromatic rings. The number of rotatable bonds is 4. The molecular formula is C16H25BrN2. The van der Waals surface area contributed by atoms with Gasteiger partial charge < -0.3 is 5.73 Å². The highest BCUT2D eigenvalue weighted by Crippen LogP contribution is 2.35. The highest BCUT2D eigenvalue weighted by atomic mass is 79.9. The van der Waals surface area contributed by atoms with Crippen LogP contribution in [-0.4, -0.2) is 24.0 Å². The predicted octanol–water partition coefficient (Wildman–Crippen LogP) is 3.82. The zero-order chi connectivity index (χ0) is 14.0. The largest absolute Gasteiger partial charge is 0.326 e. The lowest BCUT2D eigenvalue weighted by Crippen LogP contribution is -2.38. The lowest BCUT2D eigenvalue weighted by molar-refractivity contribution is 0.203. The number of benzene rings is 1. The fourth-order valence-electron chi connectivity index (χ4n) is 3.14. The quantitative estimate of drug-likeness (QED) is 0.912. The molecule has 0 saturated carbocycles. The summed E-state index contributed by atoms with van der Waals surface area (Å²) in [6.07, 6.45) is 1.30. The Bertz CT molecular complexity index is 417. The summed E-state index contributed by atoms with van der Waals surface area (Å²) in [5.74, 6) is 1.57. The molecule has 2 N–H and O–H groups in total. The summed E-state index contributed by atoms with van der Waals surface area (Å²) in [7, 11) is 0. The molecule has 106 valence electrons. The van der Waals surface area contributed by atoms with Gasteiger partial charge in [0, 0.05) is 17.1 Å². The molecule has 1 fully saturated rings. The van der Waals surface area contributed by atoms with E-state index < -0.39 is 0 Å². The third-order valence-corrected chi connectivity index (χ3v) is 5.04. The smallest absolute Gasteiger partial charge is 0.0507 e. The van der Waals surface area contributed by atoms with Crippen LogP contribution in [0.25, 0.3) is 0 Å². The summed E-state index contributed by atoms with van der Waals surface area (Å²) in [4.78, 5) is 2.56. The van der Waals surface area contributed by atoms with Crippen molar-refractivity contribution in [3.8, 4) is 0 Å². The highest BCUT2D eigenvalue weighted by molar-refractivity contribution is 9.10. The van der Waals surface area contributed by atoms with Gasteiger partial charge in [-0.1, -0.05) is 48.0 Å². The second-order valence-corrected chi connectivity index (χ2v) is 6.97. The van der Waals surface area contributed by atoms with Crippen molar-refractivity contribution in [2.75, 3.05) is 13.1 Å². The van der Waals surface area contributed by atoms with E-state index in [2.05, 4.69) is 65.9 Å². The van der Waals surface area contributed by atoms with E-state index in [1.807, 2.05) is 0 Å². The monoisotopic (exact) mass is 324 g/mol. The minimum absolute atomic E-state index is 0.143. The van der Waals surface area contributed by atoms with Crippen LogP contribution in [0.1, 0.15) is 38.8 Å². The summed E-state index contributed by atoms with van der Waals surface area (Å²) in [6.45, 7) is 9.11. The Labute approximate surface area is 125 Å². The van der Waals surface area contributed by atoms with Crippen LogP contribution in [-0.2, 0) is 0 Å². The van der Waals surface area contributed by atoms with Gasteiger partial charge in [-0.15, -0.1) is 0 Å². The first-order valence-electron chi connectivity index (χ1n) is 7.24. The summed E-state index contributed by atoms with van der Waals surface area (Å²) >= 11 is 3.67. The van der Waals surface area contributed by atoms with Gasteiger partial charge in [-0.25, -0.2) is 0 Å². The van der Waals surface area contributed by atoms with E-state index in [1.165, 1.54) is 23.0 Å². The van der Waals surface area contributed by atoms with Crippen molar-refractivity contribution in [2.45, 2.75) is 39.3 Å². The van der Waals surface area contributed by atoms with Crippen LogP contribution < -0.4 is 5.73 Å².